The number of nitrogen functional groups attached to an aromatic ring is 2. The van der Waals surface area contributed by atoms with Crippen molar-refractivity contribution in [3.05, 3.63) is 84.1 Å². The van der Waals surface area contributed by atoms with Gasteiger partial charge in [-0.3, -0.25) is 4.72 Å². The summed E-state index contributed by atoms with van der Waals surface area (Å²) in [6, 6.07) is 9.17. The molecule has 0 saturated heterocycles. The Morgan fingerprint density at radius 2 is 1.58 bits per heavy atom. The van der Waals surface area contributed by atoms with Gasteiger partial charge in [-0.2, -0.15) is 0 Å². The van der Waals surface area contributed by atoms with Crippen LogP contribution in [0.25, 0.3) is 33.4 Å². The molecule has 5 aromatic rings. The molecule has 45 heavy (non-hydrogen) atoms. The number of anilines is 3. The summed E-state index contributed by atoms with van der Waals surface area (Å²) in [5, 5.41) is 0.188. The van der Waals surface area contributed by atoms with Crippen LogP contribution < -0.4 is 20.9 Å². The summed E-state index contributed by atoms with van der Waals surface area (Å²) in [7, 11) is -3.48. The molecule has 0 unspecified atom stereocenters. The summed E-state index contributed by atoms with van der Waals surface area (Å²) in [6.45, 7) is 5.67. The lowest BCUT2D eigenvalue weighted by molar-refractivity contribution is 0.162. The van der Waals surface area contributed by atoms with E-state index in [-0.39, 0.29) is 39.7 Å². The number of benzene rings is 3. The van der Waals surface area contributed by atoms with Gasteiger partial charge in [0.25, 0.3) is 10.0 Å². The van der Waals surface area contributed by atoms with E-state index in [2.05, 4.69) is 15.0 Å². The summed E-state index contributed by atoms with van der Waals surface area (Å²) < 4.78 is 95.8. The number of aromatic nitrogens is 3. The maximum absolute atomic E-state index is 15.6. The Bertz CT molecular complexity index is 1960. The predicted octanol–water partition coefficient (Wildman–Crippen LogP) is 5.93. The maximum Gasteiger partial charge on any atom is 0.265 e. The van der Waals surface area contributed by atoms with Gasteiger partial charge in [-0.15, -0.1) is 0 Å². The van der Waals surface area contributed by atoms with E-state index in [4.69, 9.17) is 20.9 Å². The lowest BCUT2D eigenvalue weighted by atomic mass is 10.0. The molecule has 15 heteroatoms. The maximum atomic E-state index is 15.6. The molecular weight excluding hydrogens is 616 g/mol. The molecule has 0 radical (unpaired) electrons. The molecule has 5 rings (SSSR count). The highest BCUT2D eigenvalue weighted by atomic mass is 32.2. The molecule has 0 spiro atoms. The minimum atomic E-state index is -4.79. The Morgan fingerprint density at radius 3 is 2.20 bits per heavy atom. The summed E-state index contributed by atoms with van der Waals surface area (Å²) in [5.74, 6) is -4.15. The van der Waals surface area contributed by atoms with Crippen LogP contribution in [0.1, 0.15) is 13.8 Å². The number of rotatable bonds is 8. The summed E-state index contributed by atoms with van der Waals surface area (Å²) in [5.41, 5.74) is 11.1. The summed E-state index contributed by atoms with van der Waals surface area (Å²) >= 11 is 0. The number of sulfonamides is 1. The predicted molar refractivity (Wildman–Crippen MR) is 163 cm³/mol. The van der Waals surface area contributed by atoms with Crippen LogP contribution >= 0.6 is 0 Å². The molecule has 0 atom stereocenters. The van der Waals surface area contributed by atoms with Crippen molar-refractivity contribution in [2.24, 2.45) is 0 Å². The van der Waals surface area contributed by atoms with Gasteiger partial charge in [0.2, 0.25) is 0 Å². The van der Waals surface area contributed by atoms with Crippen molar-refractivity contribution >= 4 is 38.2 Å². The van der Waals surface area contributed by atoms with Crippen LogP contribution in [0.4, 0.5) is 34.9 Å². The fraction of sp³-hybridized carbons (Fsp3) is 0.167. The second kappa shape index (κ2) is 13.7. The molecule has 2 aromatic heterocycles. The number of methoxy groups -OCH3 is 1. The number of hydrogen-bond acceptors (Lipinski definition) is 9. The van der Waals surface area contributed by atoms with Gasteiger partial charge in [0.15, 0.2) is 11.6 Å². The molecule has 0 saturated carbocycles. The molecule has 10 nitrogen and oxygen atoms in total. The van der Waals surface area contributed by atoms with E-state index in [1.807, 2.05) is 18.6 Å². The number of halogens is 4. The zero-order chi connectivity index (χ0) is 32.9. The van der Waals surface area contributed by atoms with Crippen molar-refractivity contribution in [1.82, 2.24) is 15.0 Å². The van der Waals surface area contributed by atoms with E-state index in [0.29, 0.717) is 17.7 Å². The van der Waals surface area contributed by atoms with E-state index >= 15 is 4.39 Å². The van der Waals surface area contributed by atoms with Gasteiger partial charge < -0.3 is 20.9 Å². The number of ether oxygens (including phenoxy) is 2. The Kier molecular flexibility index (Phi) is 10.0. The molecule has 0 aliphatic carbocycles. The van der Waals surface area contributed by atoms with Crippen LogP contribution in [0.3, 0.4) is 0 Å². The van der Waals surface area contributed by atoms with Gasteiger partial charge in [0.1, 0.15) is 45.2 Å². The third kappa shape index (κ3) is 7.21. The number of nitrogens with zero attached hydrogens (tertiary/aromatic N) is 3. The lowest BCUT2D eigenvalue weighted by Crippen LogP contribution is -2.16. The lowest BCUT2D eigenvalue weighted by Gasteiger charge is -2.15. The Morgan fingerprint density at radius 1 is 0.867 bits per heavy atom. The SMILES string of the molecule is CCOCC.COc1cc(-c2c(F)ccc(NS(=O)(=O)c3cc(F)ccc3F)c2F)cc2c(N)nc(-c3ccc(N)nc3)nc12. The summed E-state index contributed by atoms with van der Waals surface area (Å²) in [6.07, 6.45) is 1.45. The number of nitrogens with two attached hydrogens (primary N) is 2. The topological polar surface area (TPSA) is 155 Å². The highest BCUT2D eigenvalue weighted by Gasteiger charge is 2.25. The number of fused-ring (bicyclic) bond motifs is 1. The highest BCUT2D eigenvalue weighted by Crippen LogP contribution is 2.38. The van der Waals surface area contributed by atoms with E-state index in [1.54, 1.807) is 12.1 Å². The van der Waals surface area contributed by atoms with Crippen LogP contribution in [-0.4, -0.2) is 43.7 Å². The van der Waals surface area contributed by atoms with Crippen molar-refractivity contribution in [1.29, 1.82) is 0 Å². The fourth-order valence-corrected chi connectivity index (χ4v) is 5.32. The normalized spacial score (nSPS) is 11.2. The minimum absolute atomic E-state index is 0.0452. The van der Waals surface area contributed by atoms with Crippen molar-refractivity contribution in [2.45, 2.75) is 18.7 Å². The summed E-state index contributed by atoms with van der Waals surface area (Å²) in [4.78, 5) is 11.7. The molecular formula is C30H28F4N6O4S. The molecule has 0 aliphatic rings. The van der Waals surface area contributed by atoms with Gasteiger partial charge in [-0.1, -0.05) is 0 Å². The molecule has 5 N–H and O–H groups in total. The van der Waals surface area contributed by atoms with E-state index < -0.39 is 49.4 Å². The second-order valence-corrected chi connectivity index (χ2v) is 10.9. The molecule has 3 aromatic carbocycles. The van der Waals surface area contributed by atoms with Crippen LogP contribution in [0.15, 0.2) is 65.7 Å². The smallest absolute Gasteiger partial charge is 0.265 e. The molecule has 2 heterocycles. The Labute approximate surface area is 256 Å². The first-order valence-corrected chi connectivity index (χ1v) is 14.8. The molecule has 236 valence electrons. The first-order valence-electron chi connectivity index (χ1n) is 13.3. The zero-order valence-corrected chi connectivity index (χ0v) is 25.1. The quantitative estimate of drug-likeness (QED) is 0.174. The average molecular weight is 645 g/mol. The third-order valence-corrected chi connectivity index (χ3v) is 7.66. The van der Waals surface area contributed by atoms with Gasteiger partial charge in [-0.05, 0) is 74.0 Å². The molecule has 0 amide bonds. The molecule has 0 fully saturated rings. The number of hydrogen-bond donors (Lipinski definition) is 3. The second-order valence-electron chi connectivity index (χ2n) is 9.22. The van der Waals surface area contributed by atoms with Crippen molar-refractivity contribution < 1.29 is 35.5 Å². The standard InChI is InChI=1S/C26H18F4N6O3S.C4H10O/c1-39-19-9-13(8-15-24(19)34-26(35-25(15)32)12-2-7-21(31)33-11-12)22-17(29)5-6-18(23(22)30)36-40(37,38)20-10-14(27)3-4-16(20)28;1-3-5-4-2/h2-11,36H,1H3,(H2,31,33)(H2,32,34,35);3-4H2,1-2H3. The Hall–Kier alpha value is -5.02. The van der Waals surface area contributed by atoms with Gasteiger partial charge in [0.05, 0.1) is 18.4 Å². The third-order valence-electron chi connectivity index (χ3n) is 6.27. The fourth-order valence-electron chi connectivity index (χ4n) is 4.17. The molecule has 0 aliphatic heterocycles. The van der Waals surface area contributed by atoms with E-state index in [9.17, 15) is 21.6 Å². The van der Waals surface area contributed by atoms with Gasteiger partial charge in [0, 0.05) is 30.4 Å². The van der Waals surface area contributed by atoms with E-state index in [1.165, 1.54) is 25.4 Å². The number of pyridine rings is 1. The first-order chi connectivity index (χ1) is 21.4. The Balaban J connectivity index is 0.000000854. The van der Waals surface area contributed by atoms with E-state index in [0.717, 1.165) is 31.4 Å². The van der Waals surface area contributed by atoms with Crippen LogP contribution in [-0.2, 0) is 14.8 Å². The zero-order valence-electron chi connectivity index (χ0n) is 24.2. The highest BCUT2D eigenvalue weighted by molar-refractivity contribution is 7.92. The largest absolute Gasteiger partial charge is 0.494 e. The van der Waals surface area contributed by atoms with Crippen LogP contribution in [0.2, 0.25) is 0 Å². The monoisotopic (exact) mass is 644 g/mol. The van der Waals surface area contributed by atoms with Crippen LogP contribution in [0.5, 0.6) is 5.75 Å². The van der Waals surface area contributed by atoms with Crippen molar-refractivity contribution in [3.8, 4) is 28.3 Å². The number of nitrogens with one attached hydrogen (secondary N) is 1. The van der Waals surface area contributed by atoms with Crippen molar-refractivity contribution in [2.75, 3.05) is 36.5 Å². The average Bonchev–Trinajstić information content (AvgIpc) is 3.00. The minimum Gasteiger partial charge on any atom is -0.494 e. The van der Waals surface area contributed by atoms with Gasteiger partial charge in [-0.25, -0.2) is 40.9 Å². The van der Waals surface area contributed by atoms with Crippen molar-refractivity contribution in [3.63, 3.8) is 0 Å². The van der Waals surface area contributed by atoms with Gasteiger partial charge >= 0.3 is 0 Å². The first kappa shape index (κ1) is 32.9. The molecule has 0 bridgehead atoms. The van der Waals surface area contributed by atoms with Crippen LogP contribution in [0, 0.1) is 23.3 Å².